The maximum absolute atomic E-state index is 12.3. The molecule has 1 aliphatic carbocycles. The fraction of sp³-hybridized carbons (Fsp3) is 0.882. The van der Waals surface area contributed by atoms with E-state index in [9.17, 15) is 9.59 Å². The summed E-state index contributed by atoms with van der Waals surface area (Å²) in [6, 6.07) is -0.0806. The van der Waals surface area contributed by atoms with E-state index >= 15 is 0 Å². The number of nitrogens with zero attached hydrogens (tertiary/aromatic N) is 2. The highest BCUT2D eigenvalue weighted by Crippen LogP contribution is 2.42. The Hall–Kier alpha value is -1.14. The van der Waals surface area contributed by atoms with Crippen LogP contribution in [0.4, 0.5) is 0 Å². The van der Waals surface area contributed by atoms with Gasteiger partial charge in [-0.15, -0.1) is 0 Å². The molecule has 2 saturated heterocycles. The van der Waals surface area contributed by atoms with Crippen molar-refractivity contribution in [3.8, 4) is 0 Å². The number of hydrogen-bond donors (Lipinski definition) is 1. The van der Waals surface area contributed by atoms with E-state index in [1.807, 2.05) is 4.90 Å². The average Bonchev–Trinajstić information content (AvgIpc) is 2.50. The molecule has 2 aliphatic heterocycles. The van der Waals surface area contributed by atoms with E-state index in [2.05, 4.69) is 4.90 Å². The van der Waals surface area contributed by atoms with E-state index in [0.717, 1.165) is 51.7 Å². The van der Waals surface area contributed by atoms with Crippen molar-refractivity contribution in [2.45, 2.75) is 57.0 Å². The Kier molecular flexibility index (Phi) is 4.92. The summed E-state index contributed by atoms with van der Waals surface area (Å²) < 4.78 is 4.98. The SMILES string of the molecule is COC[C@@H](N)C(=O)N1CCC2(CCC(=O)N(C3CCC3)C2)CC1. The van der Waals surface area contributed by atoms with Crippen LogP contribution >= 0.6 is 0 Å². The quantitative estimate of drug-likeness (QED) is 0.828. The summed E-state index contributed by atoms with van der Waals surface area (Å²) in [5.41, 5.74) is 6.08. The Morgan fingerprint density at radius 3 is 2.61 bits per heavy atom. The molecule has 0 aromatic carbocycles. The standard InChI is InChI=1S/C17H29N3O3/c1-23-11-14(18)16(22)19-9-7-17(8-10-19)6-5-15(21)20(12-17)13-3-2-4-13/h13-14H,2-12,18H2,1H3/t14-/m1/s1. The molecule has 0 aromatic rings. The van der Waals surface area contributed by atoms with Gasteiger partial charge in [-0.3, -0.25) is 9.59 Å². The van der Waals surface area contributed by atoms with E-state index in [-0.39, 0.29) is 17.9 Å². The largest absolute Gasteiger partial charge is 0.383 e. The van der Waals surface area contributed by atoms with Gasteiger partial charge in [0.15, 0.2) is 0 Å². The van der Waals surface area contributed by atoms with Crippen molar-refractivity contribution < 1.29 is 14.3 Å². The van der Waals surface area contributed by atoms with Gasteiger partial charge in [-0.05, 0) is 43.9 Å². The Labute approximate surface area is 138 Å². The van der Waals surface area contributed by atoms with E-state index < -0.39 is 6.04 Å². The van der Waals surface area contributed by atoms with Gasteiger partial charge in [0.1, 0.15) is 6.04 Å². The average molecular weight is 323 g/mol. The van der Waals surface area contributed by atoms with Gasteiger partial charge in [-0.2, -0.15) is 0 Å². The number of likely N-dealkylation sites (tertiary alicyclic amines) is 2. The van der Waals surface area contributed by atoms with Crippen LogP contribution in [0.25, 0.3) is 0 Å². The van der Waals surface area contributed by atoms with Gasteiger partial charge in [0.25, 0.3) is 0 Å². The molecule has 1 atom stereocenters. The Morgan fingerprint density at radius 2 is 2.04 bits per heavy atom. The first-order valence-corrected chi connectivity index (χ1v) is 8.87. The molecule has 3 rings (SSSR count). The van der Waals surface area contributed by atoms with Gasteiger partial charge < -0.3 is 20.3 Å². The van der Waals surface area contributed by atoms with Gasteiger partial charge in [-0.25, -0.2) is 0 Å². The number of methoxy groups -OCH3 is 1. The minimum atomic E-state index is -0.562. The minimum Gasteiger partial charge on any atom is -0.383 e. The normalized spacial score (nSPS) is 26.3. The molecular formula is C17H29N3O3. The summed E-state index contributed by atoms with van der Waals surface area (Å²) >= 11 is 0. The van der Waals surface area contributed by atoms with Crippen molar-refractivity contribution in [3.63, 3.8) is 0 Å². The van der Waals surface area contributed by atoms with Crippen LogP contribution in [-0.2, 0) is 14.3 Å². The topological polar surface area (TPSA) is 75.9 Å². The number of carbonyl (C=O) groups is 2. The predicted octanol–water partition coefficient (Wildman–Crippen LogP) is 0.744. The van der Waals surface area contributed by atoms with E-state index in [0.29, 0.717) is 18.4 Å². The summed E-state index contributed by atoms with van der Waals surface area (Å²) in [6.07, 6.45) is 7.19. The van der Waals surface area contributed by atoms with Crippen LogP contribution < -0.4 is 5.73 Å². The van der Waals surface area contributed by atoms with E-state index in [4.69, 9.17) is 10.5 Å². The fourth-order valence-electron chi connectivity index (χ4n) is 4.17. The molecule has 3 fully saturated rings. The smallest absolute Gasteiger partial charge is 0.241 e. The number of ether oxygens (including phenoxy) is 1. The van der Waals surface area contributed by atoms with Crippen LogP contribution in [0, 0.1) is 5.41 Å². The lowest BCUT2D eigenvalue weighted by Gasteiger charge is -2.51. The summed E-state index contributed by atoms with van der Waals surface area (Å²) in [6.45, 7) is 2.67. The van der Waals surface area contributed by atoms with Crippen LogP contribution in [0.5, 0.6) is 0 Å². The molecule has 0 bridgehead atoms. The third kappa shape index (κ3) is 3.38. The number of piperidine rings is 2. The van der Waals surface area contributed by atoms with Gasteiger partial charge in [-0.1, -0.05) is 0 Å². The summed E-state index contributed by atoms with van der Waals surface area (Å²) in [7, 11) is 1.56. The number of carbonyl (C=O) groups excluding carboxylic acids is 2. The highest BCUT2D eigenvalue weighted by atomic mass is 16.5. The molecule has 0 unspecified atom stereocenters. The van der Waals surface area contributed by atoms with E-state index in [1.54, 1.807) is 7.11 Å². The second-order valence-corrected chi connectivity index (χ2v) is 7.49. The lowest BCUT2D eigenvalue weighted by Crippen LogP contribution is -2.57. The van der Waals surface area contributed by atoms with Crippen molar-refractivity contribution in [2.24, 2.45) is 11.1 Å². The summed E-state index contributed by atoms with van der Waals surface area (Å²) in [5.74, 6) is 0.324. The van der Waals surface area contributed by atoms with Gasteiger partial charge in [0.05, 0.1) is 6.61 Å². The third-order valence-corrected chi connectivity index (χ3v) is 6.01. The van der Waals surface area contributed by atoms with E-state index in [1.165, 1.54) is 6.42 Å². The van der Waals surface area contributed by atoms with Gasteiger partial charge in [0, 0.05) is 39.2 Å². The second-order valence-electron chi connectivity index (χ2n) is 7.49. The molecule has 3 aliphatic rings. The highest BCUT2D eigenvalue weighted by molar-refractivity contribution is 5.82. The maximum atomic E-state index is 12.3. The molecule has 0 aromatic heterocycles. The zero-order valence-electron chi connectivity index (χ0n) is 14.1. The summed E-state index contributed by atoms with van der Waals surface area (Å²) in [5, 5.41) is 0. The molecule has 1 saturated carbocycles. The molecule has 0 radical (unpaired) electrons. The lowest BCUT2D eigenvalue weighted by molar-refractivity contribution is -0.147. The monoisotopic (exact) mass is 323 g/mol. The first-order chi connectivity index (χ1) is 11.0. The molecule has 6 nitrogen and oxygen atoms in total. The van der Waals surface area contributed by atoms with Crippen molar-refractivity contribution in [1.82, 2.24) is 9.80 Å². The van der Waals surface area contributed by atoms with Crippen LogP contribution in [0.15, 0.2) is 0 Å². The second kappa shape index (κ2) is 6.77. The molecule has 6 heteroatoms. The molecule has 2 N–H and O–H groups in total. The molecule has 23 heavy (non-hydrogen) atoms. The van der Waals surface area contributed by atoms with Gasteiger partial charge >= 0.3 is 0 Å². The maximum Gasteiger partial charge on any atom is 0.241 e. The van der Waals surface area contributed by atoms with Crippen molar-refractivity contribution in [3.05, 3.63) is 0 Å². The molecule has 130 valence electrons. The van der Waals surface area contributed by atoms with Crippen LogP contribution in [0.3, 0.4) is 0 Å². The van der Waals surface area contributed by atoms with Crippen molar-refractivity contribution in [1.29, 1.82) is 0 Å². The minimum absolute atomic E-state index is 0.00978. The Morgan fingerprint density at radius 1 is 1.35 bits per heavy atom. The zero-order chi connectivity index (χ0) is 16.4. The fourth-order valence-corrected chi connectivity index (χ4v) is 4.17. The van der Waals surface area contributed by atoms with Crippen LogP contribution in [0.2, 0.25) is 0 Å². The number of rotatable bonds is 4. The first kappa shape index (κ1) is 16.7. The Bertz CT molecular complexity index is 456. The number of hydrogen-bond acceptors (Lipinski definition) is 4. The Balaban J connectivity index is 1.57. The number of amides is 2. The van der Waals surface area contributed by atoms with Crippen LogP contribution in [-0.4, -0.2) is 67.0 Å². The number of nitrogens with two attached hydrogens (primary N) is 1. The third-order valence-electron chi connectivity index (χ3n) is 6.01. The van der Waals surface area contributed by atoms with Crippen molar-refractivity contribution in [2.75, 3.05) is 33.4 Å². The molecule has 1 spiro atoms. The van der Waals surface area contributed by atoms with Crippen molar-refractivity contribution >= 4 is 11.8 Å². The lowest BCUT2D eigenvalue weighted by atomic mass is 9.71. The zero-order valence-corrected chi connectivity index (χ0v) is 14.1. The summed E-state index contributed by atoms with van der Waals surface area (Å²) in [4.78, 5) is 28.5. The molecule has 2 heterocycles. The van der Waals surface area contributed by atoms with Gasteiger partial charge in [0.2, 0.25) is 11.8 Å². The highest BCUT2D eigenvalue weighted by Gasteiger charge is 2.44. The van der Waals surface area contributed by atoms with Crippen LogP contribution in [0.1, 0.15) is 44.9 Å². The molecular weight excluding hydrogens is 294 g/mol. The molecule has 2 amide bonds. The predicted molar refractivity (Wildman–Crippen MR) is 86.7 cm³/mol. The first-order valence-electron chi connectivity index (χ1n) is 8.87.